The molecule has 0 aliphatic carbocycles. The van der Waals surface area contributed by atoms with Crippen LogP contribution < -0.4 is 0 Å². The van der Waals surface area contributed by atoms with Gasteiger partial charge in [0, 0.05) is 13.1 Å². The van der Waals surface area contributed by atoms with E-state index in [1.165, 1.54) is 25.7 Å². The van der Waals surface area contributed by atoms with E-state index >= 15 is 0 Å². The van der Waals surface area contributed by atoms with Crippen molar-refractivity contribution in [3.63, 3.8) is 0 Å². The third kappa shape index (κ3) is 4.48. The Morgan fingerprint density at radius 1 is 1.37 bits per heavy atom. The molecule has 2 atom stereocenters. The summed E-state index contributed by atoms with van der Waals surface area (Å²) in [5, 5.41) is 9.51. The molecule has 0 aromatic heterocycles. The van der Waals surface area contributed by atoms with Gasteiger partial charge < -0.3 is 10.0 Å². The normalized spacial score (nSPS) is 26.3. The lowest BCUT2D eigenvalue weighted by molar-refractivity contribution is -0.153. The van der Waals surface area contributed by atoms with Crippen LogP contribution in [0, 0.1) is 11.3 Å². The van der Waals surface area contributed by atoms with E-state index in [4.69, 9.17) is 0 Å². The molecule has 3 heteroatoms. The van der Waals surface area contributed by atoms with E-state index < -0.39 is 11.4 Å². The Hall–Kier alpha value is -0.570. The topological polar surface area (TPSA) is 40.5 Å². The van der Waals surface area contributed by atoms with Gasteiger partial charge in [0.25, 0.3) is 0 Å². The predicted molar refractivity (Wildman–Crippen MR) is 79.3 cm³/mol. The van der Waals surface area contributed by atoms with Gasteiger partial charge in [-0.15, -0.1) is 0 Å². The lowest BCUT2D eigenvalue weighted by atomic mass is 9.77. The van der Waals surface area contributed by atoms with Crippen LogP contribution in [0.2, 0.25) is 0 Å². The molecule has 0 bridgehead atoms. The van der Waals surface area contributed by atoms with E-state index in [-0.39, 0.29) is 0 Å². The molecule has 0 saturated carbocycles. The molecule has 0 radical (unpaired) electrons. The Labute approximate surface area is 118 Å². The second kappa shape index (κ2) is 7.88. The number of carboxylic acids is 1. The molecule has 0 spiro atoms. The fraction of sp³-hybridized carbons (Fsp3) is 0.938. The predicted octanol–water partition coefficient (Wildman–Crippen LogP) is 3.78. The number of unbranched alkanes of at least 4 members (excludes halogenated alkanes) is 1. The summed E-state index contributed by atoms with van der Waals surface area (Å²) < 4.78 is 0. The zero-order valence-electron chi connectivity index (χ0n) is 13.0. The van der Waals surface area contributed by atoms with Crippen molar-refractivity contribution in [1.29, 1.82) is 0 Å². The van der Waals surface area contributed by atoms with E-state index in [1.807, 2.05) is 6.92 Å². The molecule has 1 aliphatic rings. The number of hydrogen-bond acceptors (Lipinski definition) is 2. The number of carboxylic acid groups (broad SMARTS) is 1. The van der Waals surface area contributed by atoms with Crippen molar-refractivity contribution in [1.82, 2.24) is 4.90 Å². The van der Waals surface area contributed by atoms with Gasteiger partial charge in [0.15, 0.2) is 0 Å². The molecule has 1 N–H and O–H groups in total. The molecular weight excluding hydrogens is 238 g/mol. The number of likely N-dealkylation sites (tertiary alicyclic amines) is 1. The highest BCUT2D eigenvalue weighted by Crippen LogP contribution is 2.34. The molecular formula is C16H31NO2. The average molecular weight is 269 g/mol. The Morgan fingerprint density at radius 3 is 2.63 bits per heavy atom. The first-order chi connectivity index (χ1) is 9.07. The lowest BCUT2D eigenvalue weighted by Crippen LogP contribution is -2.48. The molecule has 0 aromatic carbocycles. The van der Waals surface area contributed by atoms with Gasteiger partial charge in [-0.25, -0.2) is 0 Å². The number of rotatable bonds is 8. The van der Waals surface area contributed by atoms with Gasteiger partial charge in [0.05, 0.1) is 5.41 Å². The van der Waals surface area contributed by atoms with E-state index in [2.05, 4.69) is 18.7 Å². The Morgan fingerprint density at radius 2 is 2.11 bits per heavy atom. The molecule has 1 rings (SSSR count). The van der Waals surface area contributed by atoms with Gasteiger partial charge in [0.2, 0.25) is 0 Å². The van der Waals surface area contributed by atoms with Crippen LogP contribution in [0.1, 0.15) is 65.7 Å². The van der Waals surface area contributed by atoms with Gasteiger partial charge in [-0.1, -0.05) is 40.0 Å². The highest BCUT2D eigenvalue weighted by molar-refractivity contribution is 5.75. The number of nitrogens with zero attached hydrogens (tertiary/aromatic N) is 1. The average Bonchev–Trinajstić information content (AvgIpc) is 2.43. The summed E-state index contributed by atoms with van der Waals surface area (Å²) in [4.78, 5) is 14.0. The highest BCUT2D eigenvalue weighted by Gasteiger charge is 2.40. The highest BCUT2D eigenvalue weighted by atomic mass is 16.4. The summed E-state index contributed by atoms with van der Waals surface area (Å²) in [6.07, 6.45) is 7.68. The minimum absolute atomic E-state index is 0.485. The van der Waals surface area contributed by atoms with E-state index in [1.54, 1.807) is 0 Å². The first kappa shape index (κ1) is 16.5. The van der Waals surface area contributed by atoms with Crippen LogP contribution in [0.25, 0.3) is 0 Å². The van der Waals surface area contributed by atoms with Crippen LogP contribution >= 0.6 is 0 Å². The maximum absolute atomic E-state index is 11.6. The standard InChI is InChI=1S/C16H31NO2/c1-4-7-9-14(5-2)12-17-11-8-10-16(6-3,13-17)15(18)19/h14H,4-13H2,1-3H3,(H,18,19). The Bertz CT molecular complexity index is 280. The number of carbonyl (C=O) groups is 1. The largest absolute Gasteiger partial charge is 0.481 e. The van der Waals surface area contributed by atoms with Gasteiger partial charge in [-0.3, -0.25) is 4.79 Å². The van der Waals surface area contributed by atoms with Crippen molar-refractivity contribution in [3.05, 3.63) is 0 Å². The minimum Gasteiger partial charge on any atom is -0.481 e. The molecule has 19 heavy (non-hydrogen) atoms. The zero-order valence-corrected chi connectivity index (χ0v) is 13.0. The first-order valence-electron chi connectivity index (χ1n) is 8.03. The number of piperidine rings is 1. The molecule has 3 nitrogen and oxygen atoms in total. The van der Waals surface area contributed by atoms with Gasteiger partial charge >= 0.3 is 5.97 Å². The van der Waals surface area contributed by atoms with Crippen LogP contribution in [-0.4, -0.2) is 35.6 Å². The molecule has 1 saturated heterocycles. The van der Waals surface area contributed by atoms with Gasteiger partial charge in [0.1, 0.15) is 0 Å². The summed E-state index contributed by atoms with van der Waals surface area (Å²) in [5.74, 6) is 0.141. The molecule has 1 aliphatic heterocycles. The molecule has 0 aromatic rings. The SMILES string of the molecule is CCCCC(CC)CN1CCCC(CC)(C(=O)O)C1. The quantitative estimate of drug-likeness (QED) is 0.729. The maximum atomic E-state index is 11.6. The molecule has 2 unspecified atom stereocenters. The van der Waals surface area contributed by atoms with E-state index in [0.717, 1.165) is 44.8 Å². The smallest absolute Gasteiger partial charge is 0.310 e. The first-order valence-corrected chi connectivity index (χ1v) is 8.03. The lowest BCUT2D eigenvalue weighted by Gasteiger charge is -2.40. The molecule has 1 fully saturated rings. The monoisotopic (exact) mass is 269 g/mol. The van der Waals surface area contributed by atoms with Crippen LogP contribution in [0.5, 0.6) is 0 Å². The van der Waals surface area contributed by atoms with Gasteiger partial charge in [-0.05, 0) is 38.1 Å². The number of aliphatic carboxylic acids is 1. The summed E-state index contributed by atoms with van der Waals surface area (Å²) in [5.41, 5.74) is -0.485. The third-order valence-electron chi connectivity index (χ3n) is 4.85. The Kier molecular flexibility index (Phi) is 6.84. The fourth-order valence-corrected chi connectivity index (χ4v) is 3.28. The van der Waals surface area contributed by atoms with Gasteiger partial charge in [-0.2, -0.15) is 0 Å². The summed E-state index contributed by atoms with van der Waals surface area (Å²) in [7, 11) is 0. The third-order valence-corrected chi connectivity index (χ3v) is 4.85. The minimum atomic E-state index is -0.596. The maximum Gasteiger partial charge on any atom is 0.310 e. The summed E-state index contributed by atoms with van der Waals surface area (Å²) in [6, 6.07) is 0. The number of hydrogen-bond donors (Lipinski definition) is 1. The van der Waals surface area contributed by atoms with E-state index in [0.29, 0.717) is 0 Å². The van der Waals surface area contributed by atoms with Crippen molar-refractivity contribution in [2.45, 2.75) is 65.7 Å². The molecule has 112 valence electrons. The van der Waals surface area contributed by atoms with Crippen molar-refractivity contribution < 1.29 is 9.90 Å². The fourth-order valence-electron chi connectivity index (χ4n) is 3.28. The van der Waals surface area contributed by atoms with Crippen molar-refractivity contribution in [2.24, 2.45) is 11.3 Å². The van der Waals surface area contributed by atoms with E-state index in [9.17, 15) is 9.90 Å². The summed E-state index contributed by atoms with van der Waals surface area (Å²) >= 11 is 0. The van der Waals surface area contributed by atoms with Crippen molar-refractivity contribution in [2.75, 3.05) is 19.6 Å². The molecule has 1 heterocycles. The van der Waals surface area contributed by atoms with Crippen molar-refractivity contribution >= 4 is 5.97 Å². The van der Waals surface area contributed by atoms with Crippen LogP contribution in [0.3, 0.4) is 0 Å². The summed E-state index contributed by atoms with van der Waals surface area (Å²) in [6.45, 7) is 9.44. The van der Waals surface area contributed by atoms with Crippen LogP contribution in [0.15, 0.2) is 0 Å². The van der Waals surface area contributed by atoms with Crippen LogP contribution in [-0.2, 0) is 4.79 Å². The molecule has 0 amide bonds. The van der Waals surface area contributed by atoms with Crippen LogP contribution in [0.4, 0.5) is 0 Å². The second-order valence-electron chi connectivity index (χ2n) is 6.19. The Balaban J connectivity index is 2.56. The van der Waals surface area contributed by atoms with Crippen molar-refractivity contribution in [3.8, 4) is 0 Å². The zero-order chi connectivity index (χ0) is 14.3. The second-order valence-corrected chi connectivity index (χ2v) is 6.19.